The van der Waals surface area contributed by atoms with E-state index >= 15 is 0 Å². The molecule has 0 spiro atoms. The molecule has 4 rings (SSSR count). The molecule has 0 saturated carbocycles. The molecular weight excluding hydrogens is 388 g/mol. The van der Waals surface area contributed by atoms with E-state index in [2.05, 4.69) is 5.32 Å². The number of amides is 2. The second-order valence-electron chi connectivity index (χ2n) is 7.58. The van der Waals surface area contributed by atoms with Gasteiger partial charge in [0.05, 0.1) is 11.4 Å². The largest absolute Gasteiger partial charge is 0.451 e. The topological polar surface area (TPSA) is 75.7 Å². The number of hydrogen-bond donors (Lipinski definition) is 1. The Labute approximate surface area is 173 Å². The fourth-order valence-electron chi connectivity index (χ4n) is 4.00. The molecule has 1 N–H and O–H groups in total. The number of ether oxygens (including phenoxy) is 1. The molecule has 2 heterocycles. The van der Waals surface area contributed by atoms with Gasteiger partial charge in [-0.1, -0.05) is 18.6 Å². The second-order valence-corrected chi connectivity index (χ2v) is 8.71. The zero-order chi connectivity index (χ0) is 20.4. The first-order valence-corrected chi connectivity index (χ1v) is 10.8. The Balaban J connectivity index is 1.46. The lowest BCUT2D eigenvalue weighted by atomic mass is 10.1. The van der Waals surface area contributed by atoms with E-state index in [0.717, 1.165) is 25.7 Å². The molecule has 6 nitrogen and oxygen atoms in total. The van der Waals surface area contributed by atoms with E-state index in [1.807, 2.05) is 19.1 Å². The lowest BCUT2D eigenvalue weighted by Gasteiger charge is -2.27. The van der Waals surface area contributed by atoms with Crippen molar-refractivity contribution >= 4 is 40.5 Å². The summed E-state index contributed by atoms with van der Waals surface area (Å²) in [7, 11) is 0. The van der Waals surface area contributed by atoms with Gasteiger partial charge < -0.3 is 15.0 Å². The van der Waals surface area contributed by atoms with E-state index in [4.69, 9.17) is 4.74 Å². The number of aryl methyl sites for hydroxylation is 2. The minimum Gasteiger partial charge on any atom is -0.451 e. The third-order valence-corrected chi connectivity index (χ3v) is 6.62. The van der Waals surface area contributed by atoms with Gasteiger partial charge in [-0.05, 0) is 56.4 Å². The van der Waals surface area contributed by atoms with Crippen LogP contribution < -0.4 is 10.2 Å². The number of carbonyl (C=O) groups excluding carboxylic acids is 3. The van der Waals surface area contributed by atoms with Gasteiger partial charge in [-0.15, -0.1) is 11.3 Å². The maximum Gasteiger partial charge on any atom is 0.348 e. The number of rotatable bonds is 3. The number of thiophene rings is 1. The van der Waals surface area contributed by atoms with Gasteiger partial charge in [0, 0.05) is 17.3 Å². The molecule has 0 radical (unpaired) electrons. The number of benzene rings is 1. The van der Waals surface area contributed by atoms with Gasteiger partial charge in [0.25, 0.3) is 5.91 Å². The average molecular weight is 413 g/mol. The van der Waals surface area contributed by atoms with E-state index in [-0.39, 0.29) is 30.9 Å². The molecule has 1 aromatic carbocycles. The van der Waals surface area contributed by atoms with Crippen LogP contribution in [-0.4, -0.2) is 30.4 Å². The van der Waals surface area contributed by atoms with Crippen LogP contribution in [0.15, 0.2) is 30.3 Å². The van der Waals surface area contributed by atoms with Gasteiger partial charge in [-0.25, -0.2) is 4.79 Å². The summed E-state index contributed by atoms with van der Waals surface area (Å²) < 4.78 is 5.36. The highest BCUT2D eigenvalue weighted by atomic mass is 32.1. The van der Waals surface area contributed by atoms with Crippen molar-refractivity contribution in [3.63, 3.8) is 0 Å². The van der Waals surface area contributed by atoms with Crippen molar-refractivity contribution < 1.29 is 19.1 Å². The van der Waals surface area contributed by atoms with Crippen LogP contribution in [0.25, 0.3) is 0 Å². The number of anilines is 2. The molecule has 1 aromatic heterocycles. The predicted octanol–water partition coefficient (Wildman–Crippen LogP) is 3.94. The molecule has 29 heavy (non-hydrogen) atoms. The van der Waals surface area contributed by atoms with Crippen molar-refractivity contribution in [1.29, 1.82) is 0 Å². The molecule has 0 saturated heterocycles. The number of para-hydroxylation sites is 2. The number of hydrogen-bond acceptors (Lipinski definition) is 5. The summed E-state index contributed by atoms with van der Waals surface area (Å²) in [5.74, 6) is -0.938. The average Bonchev–Trinajstić information content (AvgIpc) is 2.89. The summed E-state index contributed by atoms with van der Waals surface area (Å²) in [6.07, 6.45) is 5.72. The maximum atomic E-state index is 12.9. The highest BCUT2D eigenvalue weighted by Gasteiger charge is 2.30. The van der Waals surface area contributed by atoms with Crippen molar-refractivity contribution in [3.8, 4) is 0 Å². The Morgan fingerprint density at radius 3 is 2.86 bits per heavy atom. The summed E-state index contributed by atoms with van der Waals surface area (Å²) >= 11 is 1.48. The second kappa shape index (κ2) is 8.37. The number of nitrogens with one attached hydrogen (secondary N) is 1. The Kier molecular flexibility index (Phi) is 5.67. The quantitative estimate of drug-likeness (QED) is 0.612. The molecular formula is C22H24N2O4S. The minimum atomic E-state index is -0.457. The predicted molar refractivity (Wildman–Crippen MR) is 112 cm³/mol. The monoisotopic (exact) mass is 412 g/mol. The summed E-state index contributed by atoms with van der Waals surface area (Å²) in [5.41, 5.74) is 2.45. The molecule has 152 valence electrons. The third kappa shape index (κ3) is 4.19. The zero-order valence-electron chi connectivity index (χ0n) is 16.4. The molecule has 0 bridgehead atoms. The van der Waals surface area contributed by atoms with E-state index < -0.39 is 5.97 Å². The fourth-order valence-corrected chi connectivity index (χ4v) is 5.15. The Morgan fingerprint density at radius 1 is 1.21 bits per heavy atom. The zero-order valence-corrected chi connectivity index (χ0v) is 17.2. The van der Waals surface area contributed by atoms with Crippen LogP contribution in [0.1, 0.15) is 52.7 Å². The van der Waals surface area contributed by atoms with Crippen LogP contribution in [-0.2, 0) is 27.2 Å². The first-order valence-electron chi connectivity index (χ1n) is 10.0. The van der Waals surface area contributed by atoms with Crippen LogP contribution in [0.4, 0.5) is 11.4 Å². The molecule has 0 fully saturated rings. The number of nitrogens with zero attached hydrogens (tertiary/aromatic N) is 1. The Morgan fingerprint density at radius 2 is 2.00 bits per heavy atom. The van der Waals surface area contributed by atoms with E-state index in [9.17, 15) is 14.4 Å². The van der Waals surface area contributed by atoms with Crippen molar-refractivity contribution in [2.24, 2.45) is 0 Å². The standard InChI is InChI=1S/C22H24N2O4S/c1-14-11-20(25)23-16-8-5-6-9-17(16)24(14)21(26)13-28-22(27)19-12-15-7-3-2-4-10-18(15)29-19/h5-6,8-9,12,14H,2-4,7,10-11,13H2,1H3,(H,23,25)/t14-/m1/s1. The summed E-state index contributed by atoms with van der Waals surface area (Å²) in [5, 5.41) is 2.82. The van der Waals surface area contributed by atoms with Crippen molar-refractivity contribution in [1.82, 2.24) is 0 Å². The van der Waals surface area contributed by atoms with Gasteiger partial charge in [-0.3, -0.25) is 9.59 Å². The van der Waals surface area contributed by atoms with E-state index in [1.54, 1.807) is 23.1 Å². The van der Waals surface area contributed by atoms with Gasteiger partial charge >= 0.3 is 5.97 Å². The molecule has 1 aliphatic carbocycles. The first kappa shape index (κ1) is 19.6. The van der Waals surface area contributed by atoms with Crippen molar-refractivity contribution in [2.45, 2.75) is 51.5 Å². The summed E-state index contributed by atoms with van der Waals surface area (Å²) in [6.45, 7) is 1.46. The highest BCUT2D eigenvalue weighted by Crippen LogP contribution is 2.32. The minimum absolute atomic E-state index is 0.141. The van der Waals surface area contributed by atoms with E-state index in [0.29, 0.717) is 16.3 Å². The number of carbonyl (C=O) groups is 3. The normalized spacial score (nSPS) is 18.7. The third-order valence-electron chi connectivity index (χ3n) is 5.40. The maximum absolute atomic E-state index is 12.9. The smallest absolute Gasteiger partial charge is 0.348 e. The molecule has 1 aliphatic heterocycles. The van der Waals surface area contributed by atoms with Gasteiger partial charge in [0.1, 0.15) is 4.88 Å². The van der Waals surface area contributed by atoms with Gasteiger partial charge in [-0.2, -0.15) is 0 Å². The lowest BCUT2D eigenvalue weighted by Crippen LogP contribution is -2.41. The fraction of sp³-hybridized carbons (Fsp3) is 0.409. The summed E-state index contributed by atoms with van der Waals surface area (Å²) in [4.78, 5) is 40.9. The molecule has 7 heteroatoms. The van der Waals surface area contributed by atoms with Gasteiger partial charge in [0.15, 0.2) is 6.61 Å². The molecule has 2 aliphatic rings. The van der Waals surface area contributed by atoms with Crippen LogP contribution in [0.2, 0.25) is 0 Å². The SMILES string of the molecule is C[C@@H]1CC(=O)Nc2ccccc2N1C(=O)COC(=O)c1cc2c(s1)CCCCC2. The Hall–Kier alpha value is -2.67. The van der Waals surface area contributed by atoms with Crippen LogP contribution in [0.5, 0.6) is 0 Å². The van der Waals surface area contributed by atoms with Crippen LogP contribution in [0, 0.1) is 0 Å². The number of esters is 1. The van der Waals surface area contributed by atoms with Crippen LogP contribution >= 0.6 is 11.3 Å². The molecule has 1 atom stereocenters. The molecule has 2 aromatic rings. The number of fused-ring (bicyclic) bond motifs is 2. The Bertz CT molecular complexity index is 929. The van der Waals surface area contributed by atoms with Crippen molar-refractivity contribution in [2.75, 3.05) is 16.8 Å². The summed E-state index contributed by atoms with van der Waals surface area (Å²) in [6, 6.07) is 8.75. The first-order chi connectivity index (χ1) is 14.0. The van der Waals surface area contributed by atoms with Crippen LogP contribution in [0.3, 0.4) is 0 Å². The van der Waals surface area contributed by atoms with Gasteiger partial charge in [0.2, 0.25) is 5.91 Å². The lowest BCUT2D eigenvalue weighted by molar-refractivity contribution is -0.122. The molecule has 2 amide bonds. The van der Waals surface area contributed by atoms with E-state index in [1.165, 1.54) is 28.2 Å². The highest BCUT2D eigenvalue weighted by molar-refractivity contribution is 7.14. The van der Waals surface area contributed by atoms with Crippen molar-refractivity contribution in [3.05, 3.63) is 45.6 Å². The molecule has 0 unspecified atom stereocenters.